The quantitative estimate of drug-likeness (QED) is 0.425. The van der Waals surface area contributed by atoms with E-state index in [1.54, 1.807) is 0 Å². The van der Waals surface area contributed by atoms with Crippen LogP contribution in [0.1, 0.15) is 11.1 Å². The average Bonchev–Trinajstić information content (AvgIpc) is 2.35. The van der Waals surface area contributed by atoms with Gasteiger partial charge < -0.3 is 10.2 Å². The summed E-state index contributed by atoms with van der Waals surface area (Å²) in [6.07, 6.45) is 4.88. The third-order valence-electron chi connectivity index (χ3n) is 2.12. The lowest BCUT2D eigenvalue weighted by atomic mass is 10.1. The molecule has 4 nitrogen and oxygen atoms in total. The predicted molar refractivity (Wildman–Crippen MR) is 90.6 cm³/mol. The smallest absolute Gasteiger partial charge is 0.328 e. The van der Waals surface area contributed by atoms with Crippen LogP contribution in [0.5, 0.6) is 0 Å². The molecular weight excluding hydrogens is 528 g/mol. The minimum atomic E-state index is -1.06. The van der Waals surface area contributed by atoms with Gasteiger partial charge in [-0.1, -0.05) is 0 Å². The van der Waals surface area contributed by atoms with Crippen LogP contribution >= 0.6 is 63.7 Å². The second-order valence-corrected chi connectivity index (χ2v) is 6.60. The van der Waals surface area contributed by atoms with Crippen molar-refractivity contribution in [2.45, 2.75) is 0 Å². The predicted octanol–water partition coefficient (Wildman–Crippen LogP) is 4.93. The summed E-state index contributed by atoms with van der Waals surface area (Å²) in [4.78, 5) is 21.2. The molecule has 8 heteroatoms. The van der Waals surface area contributed by atoms with E-state index >= 15 is 0 Å². The Labute approximate surface area is 148 Å². The van der Waals surface area contributed by atoms with Gasteiger partial charge in [0, 0.05) is 41.2 Å². The Bertz CT molecular complexity index is 551. The van der Waals surface area contributed by atoms with E-state index in [0.717, 1.165) is 12.2 Å². The van der Waals surface area contributed by atoms with Gasteiger partial charge in [0.2, 0.25) is 0 Å². The highest BCUT2D eigenvalue weighted by atomic mass is 79.9. The molecule has 0 aromatic heterocycles. The number of carbonyl (C=O) groups is 2. The molecule has 2 N–H and O–H groups in total. The van der Waals surface area contributed by atoms with Gasteiger partial charge in [0.05, 0.1) is 0 Å². The molecule has 0 aliphatic rings. The van der Waals surface area contributed by atoms with Gasteiger partial charge in [0.25, 0.3) is 0 Å². The van der Waals surface area contributed by atoms with E-state index in [-0.39, 0.29) is 0 Å². The number of hydrogen-bond donors (Lipinski definition) is 2. The van der Waals surface area contributed by atoms with Crippen LogP contribution in [-0.2, 0) is 9.59 Å². The number of carboxylic acid groups (broad SMARTS) is 2. The third kappa shape index (κ3) is 4.28. The van der Waals surface area contributed by atoms with Gasteiger partial charge in [-0.25, -0.2) is 9.59 Å². The topological polar surface area (TPSA) is 74.6 Å². The number of halogens is 4. The summed E-state index contributed by atoms with van der Waals surface area (Å²) in [5.74, 6) is -2.13. The van der Waals surface area contributed by atoms with Crippen molar-refractivity contribution in [2.24, 2.45) is 0 Å². The summed E-state index contributed by atoms with van der Waals surface area (Å²) in [6, 6.07) is 0. The Kier molecular flexibility index (Phi) is 6.63. The Morgan fingerprint density at radius 1 is 0.700 bits per heavy atom. The molecule has 0 radical (unpaired) electrons. The van der Waals surface area contributed by atoms with Gasteiger partial charge in [-0.05, 0) is 75.9 Å². The van der Waals surface area contributed by atoms with E-state index in [4.69, 9.17) is 10.2 Å². The van der Waals surface area contributed by atoms with Crippen LogP contribution in [0.2, 0.25) is 0 Å². The summed E-state index contributed by atoms with van der Waals surface area (Å²) in [5, 5.41) is 17.4. The van der Waals surface area contributed by atoms with E-state index in [0.29, 0.717) is 29.0 Å². The van der Waals surface area contributed by atoms with E-state index in [1.165, 1.54) is 12.2 Å². The molecule has 0 fully saturated rings. The van der Waals surface area contributed by atoms with E-state index in [9.17, 15) is 9.59 Å². The fourth-order valence-electron chi connectivity index (χ4n) is 1.27. The molecule has 0 aliphatic heterocycles. The highest BCUT2D eigenvalue weighted by Gasteiger charge is 2.16. The molecule has 0 saturated carbocycles. The fourth-order valence-corrected chi connectivity index (χ4v) is 3.98. The van der Waals surface area contributed by atoms with Crippen LogP contribution in [0.3, 0.4) is 0 Å². The number of aliphatic carboxylic acids is 2. The molecule has 0 heterocycles. The van der Waals surface area contributed by atoms with E-state index in [1.807, 2.05) is 0 Å². The van der Waals surface area contributed by atoms with Crippen LogP contribution in [0.15, 0.2) is 30.0 Å². The van der Waals surface area contributed by atoms with Crippen molar-refractivity contribution in [3.8, 4) is 0 Å². The standard InChI is InChI=1S/C12H6Br4O4/c13-9-5(1-3-7(17)18)10(14)12(16)6(11(9)15)2-4-8(19)20/h1-4H,(H,17,18)(H,19,20). The van der Waals surface area contributed by atoms with E-state index < -0.39 is 11.9 Å². The molecule has 0 atom stereocenters. The molecule has 0 unspecified atom stereocenters. The van der Waals surface area contributed by atoms with Crippen LogP contribution in [0.25, 0.3) is 12.2 Å². The molecule has 1 rings (SSSR count). The van der Waals surface area contributed by atoms with Crippen molar-refractivity contribution < 1.29 is 19.8 Å². The zero-order valence-corrected chi connectivity index (χ0v) is 15.9. The summed E-state index contributed by atoms with van der Waals surface area (Å²) in [6.45, 7) is 0. The lowest BCUT2D eigenvalue weighted by Crippen LogP contribution is -1.92. The molecule has 0 aliphatic carbocycles. The number of benzene rings is 1. The molecular formula is C12H6Br4O4. The van der Waals surface area contributed by atoms with Crippen molar-refractivity contribution >= 4 is 87.8 Å². The second-order valence-electron chi connectivity index (χ2n) is 3.43. The number of hydrogen-bond acceptors (Lipinski definition) is 2. The van der Waals surface area contributed by atoms with Crippen LogP contribution in [-0.4, -0.2) is 22.2 Å². The van der Waals surface area contributed by atoms with Gasteiger partial charge in [0.1, 0.15) is 0 Å². The molecule has 0 amide bonds. The van der Waals surface area contributed by atoms with Crippen molar-refractivity contribution in [1.82, 2.24) is 0 Å². The molecule has 20 heavy (non-hydrogen) atoms. The number of carboxylic acids is 2. The van der Waals surface area contributed by atoms with Crippen molar-refractivity contribution in [3.63, 3.8) is 0 Å². The monoisotopic (exact) mass is 530 g/mol. The SMILES string of the molecule is O=C(O)C=Cc1c(Br)c(Br)c(C=CC(=O)O)c(Br)c1Br. The summed E-state index contributed by atoms with van der Waals surface area (Å²) < 4.78 is 2.43. The summed E-state index contributed by atoms with van der Waals surface area (Å²) >= 11 is 13.4. The van der Waals surface area contributed by atoms with Gasteiger partial charge in [-0.2, -0.15) is 0 Å². The third-order valence-corrected chi connectivity index (χ3v) is 6.48. The Hall–Kier alpha value is -0.440. The first kappa shape index (κ1) is 17.6. The molecule has 0 saturated heterocycles. The van der Waals surface area contributed by atoms with Crippen molar-refractivity contribution in [1.29, 1.82) is 0 Å². The largest absolute Gasteiger partial charge is 0.478 e. The minimum Gasteiger partial charge on any atom is -0.478 e. The highest BCUT2D eigenvalue weighted by Crippen LogP contribution is 2.43. The lowest BCUT2D eigenvalue weighted by Gasteiger charge is -2.12. The van der Waals surface area contributed by atoms with Crippen LogP contribution in [0, 0.1) is 0 Å². The zero-order valence-electron chi connectivity index (χ0n) is 9.53. The molecule has 1 aromatic carbocycles. The van der Waals surface area contributed by atoms with Crippen molar-refractivity contribution in [2.75, 3.05) is 0 Å². The molecule has 0 bridgehead atoms. The first-order valence-electron chi connectivity index (χ1n) is 4.93. The van der Waals surface area contributed by atoms with Gasteiger partial charge >= 0.3 is 11.9 Å². The Morgan fingerprint density at radius 3 is 1.15 bits per heavy atom. The first-order valence-corrected chi connectivity index (χ1v) is 8.10. The van der Waals surface area contributed by atoms with Gasteiger partial charge in [-0.3, -0.25) is 0 Å². The Balaban J connectivity index is 3.49. The summed E-state index contributed by atoms with van der Waals surface area (Å²) in [5.41, 5.74) is 1.22. The maximum absolute atomic E-state index is 10.6. The molecule has 0 spiro atoms. The summed E-state index contributed by atoms with van der Waals surface area (Å²) in [7, 11) is 0. The van der Waals surface area contributed by atoms with Gasteiger partial charge in [-0.15, -0.1) is 0 Å². The average molecular weight is 534 g/mol. The molecule has 106 valence electrons. The second kappa shape index (κ2) is 7.53. The number of rotatable bonds is 4. The van der Waals surface area contributed by atoms with Gasteiger partial charge in [0.15, 0.2) is 0 Å². The lowest BCUT2D eigenvalue weighted by molar-refractivity contribution is -0.132. The van der Waals surface area contributed by atoms with E-state index in [2.05, 4.69) is 63.7 Å². The first-order chi connectivity index (χ1) is 9.25. The maximum Gasteiger partial charge on any atom is 0.328 e. The zero-order chi connectivity index (χ0) is 15.4. The normalized spacial score (nSPS) is 11.4. The van der Waals surface area contributed by atoms with Crippen LogP contribution < -0.4 is 0 Å². The maximum atomic E-state index is 10.6. The molecule has 1 aromatic rings. The minimum absolute atomic E-state index is 0.607. The van der Waals surface area contributed by atoms with Crippen LogP contribution in [0.4, 0.5) is 0 Å². The highest BCUT2D eigenvalue weighted by molar-refractivity contribution is 9.14. The Morgan fingerprint density at radius 2 is 0.950 bits per heavy atom. The van der Waals surface area contributed by atoms with Crippen molar-refractivity contribution in [3.05, 3.63) is 41.2 Å². The fraction of sp³-hybridized carbons (Fsp3) is 0.